The number of nitrogens with one attached hydrogen (secondary N) is 2. The number of H-pyrrole nitrogens is 1. The molecule has 2 heterocycles. The van der Waals surface area contributed by atoms with Gasteiger partial charge in [-0.25, -0.2) is 0 Å². The molecule has 7 nitrogen and oxygen atoms in total. The number of benzene rings is 2. The minimum atomic E-state index is -0.381. The summed E-state index contributed by atoms with van der Waals surface area (Å²) in [7, 11) is 0. The average Bonchev–Trinajstić information content (AvgIpc) is 2.66. The molecule has 27 heavy (non-hydrogen) atoms. The SMILES string of the molecule is Nc1nc2c(c(=O)[nH]1)C(c1ccc(OCc3ccccc3)cc1)CC(=O)N2. The molecule has 0 saturated heterocycles. The number of ether oxygens (including phenoxy) is 1. The number of carbonyl (C=O) groups excluding carboxylic acids is 1. The van der Waals surface area contributed by atoms with E-state index in [0.29, 0.717) is 17.9 Å². The van der Waals surface area contributed by atoms with E-state index in [4.69, 9.17) is 10.5 Å². The van der Waals surface area contributed by atoms with E-state index in [1.807, 2.05) is 54.6 Å². The number of nitrogens with two attached hydrogens (primary N) is 1. The van der Waals surface area contributed by atoms with E-state index in [9.17, 15) is 9.59 Å². The molecule has 4 rings (SSSR count). The first-order valence-electron chi connectivity index (χ1n) is 8.56. The van der Waals surface area contributed by atoms with Gasteiger partial charge in [0.2, 0.25) is 11.9 Å². The van der Waals surface area contributed by atoms with Crippen LogP contribution in [0, 0.1) is 0 Å². The molecule has 136 valence electrons. The number of hydrogen-bond donors (Lipinski definition) is 3. The number of rotatable bonds is 4. The fourth-order valence-corrected chi connectivity index (χ4v) is 3.21. The van der Waals surface area contributed by atoms with E-state index in [0.717, 1.165) is 11.1 Å². The summed E-state index contributed by atoms with van der Waals surface area (Å²) in [6, 6.07) is 17.3. The third-order valence-electron chi connectivity index (χ3n) is 4.50. The Morgan fingerprint density at radius 2 is 1.81 bits per heavy atom. The molecule has 1 atom stereocenters. The second-order valence-corrected chi connectivity index (χ2v) is 6.36. The maximum Gasteiger partial charge on any atom is 0.258 e. The summed E-state index contributed by atoms with van der Waals surface area (Å²) in [5, 5.41) is 2.62. The predicted molar refractivity (Wildman–Crippen MR) is 102 cm³/mol. The van der Waals surface area contributed by atoms with Crippen molar-refractivity contribution in [3.05, 3.63) is 81.6 Å². The van der Waals surface area contributed by atoms with Crippen LogP contribution < -0.4 is 21.3 Å². The number of amides is 1. The Hall–Kier alpha value is -3.61. The van der Waals surface area contributed by atoms with Crippen molar-refractivity contribution in [1.82, 2.24) is 9.97 Å². The van der Waals surface area contributed by atoms with Crippen LogP contribution >= 0.6 is 0 Å². The van der Waals surface area contributed by atoms with Crippen LogP contribution in [0.25, 0.3) is 0 Å². The molecule has 1 aliphatic heterocycles. The lowest BCUT2D eigenvalue weighted by Gasteiger charge is -2.24. The zero-order valence-electron chi connectivity index (χ0n) is 14.4. The third-order valence-corrected chi connectivity index (χ3v) is 4.50. The number of hydrogen-bond acceptors (Lipinski definition) is 5. The highest BCUT2D eigenvalue weighted by Crippen LogP contribution is 2.34. The summed E-state index contributed by atoms with van der Waals surface area (Å²) in [4.78, 5) is 30.9. The fraction of sp³-hybridized carbons (Fsp3) is 0.150. The maximum atomic E-state index is 12.3. The van der Waals surface area contributed by atoms with Crippen molar-refractivity contribution < 1.29 is 9.53 Å². The van der Waals surface area contributed by atoms with Crippen molar-refractivity contribution in [2.24, 2.45) is 0 Å². The van der Waals surface area contributed by atoms with Crippen LogP contribution in [0.3, 0.4) is 0 Å². The summed E-state index contributed by atoms with van der Waals surface area (Å²) in [6.07, 6.45) is 0.173. The molecule has 1 unspecified atom stereocenters. The van der Waals surface area contributed by atoms with Crippen molar-refractivity contribution in [3.63, 3.8) is 0 Å². The van der Waals surface area contributed by atoms with Crippen molar-refractivity contribution >= 4 is 17.7 Å². The molecule has 0 aliphatic carbocycles. The van der Waals surface area contributed by atoms with E-state index in [2.05, 4.69) is 15.3 Å². The molecule has 2 aromatic carbocycles. The molecule has 0 saturated carbocycles. The van der Waals surface area contributed by atoms with Crippen LogP contribution in [0.2, 0.25) is 0 Å². The van der Waals surface area contributed by atoms with Gasteiger partial charge in [-0.3, -0.25) is 14.6 Å². The predicted octanol–water partition coefficient (Wildman–Crippen LogP) is 2.41. The van der Waals surface area contributed by atoms with Crippen LogP contribution in [0.1, 0.15) is 29.0 Å². The van der Waals surface area contributed by atoms with Crippen molar-refractivity contribution in [2.75, 3.05) is 11.1 Å². The topological polar surface area (TPSA) is 110 Å². The zero-order chi connectivity index (χ0) is 18.8. The Bertz CT molecular complexity index is 1030. The molecule has 4 N–H and O–H groups in total. The lowest BCUT2D eigenvalue weighted by atomic mass is 9.87. The molecular weight excluding hydrogens is 344 g/mol. The third kappa shape index (κ3) is 3.52. The second-order valence-electron chi connectivity index (χ2n) is 6.36. The van der Waals surface area contributed by atoms with E-state index in [1.54, 1.807) is 0 Å². The summed E-state index contributed by atoms with van der Waals surface area (Å²) in [6.45, 7) is 0.470. The molecule has 0 radical (unpaired) electrons. The molecule has 3 aromatic rings. The van der Waals surface area contributed by atoms with Gasteiger partial charge in [-0.05, 0) is 23.3 Å². The van der Waals surface area contributed by atoms with Crippen molar-refractivity contribution in [1.29, 1.82) is 0 Å². The normalized spacial score (nSPS) is 15.7. The van der Waals surface area contributed by atoms with Gasteiger partial charge in [-0.15, -0.1) is 0 Å². The Morgan fingerprint density at radius 3 is 2.56 bits per heavy atom. The first kappa shape index (κ1) is 16.8. The van der Waals surface area contributed by atoms with Gasteiger partial charge in [0, 0.05) is 12.3 Å². The number of fused-ring (bicyclic) bond motifs is 1. The molecule has 1 aromatic heterocycles. The first-order chi connectivity index (χ1) is 13.1. The van der Waals surface area contributed by atoms with Gasteiger partial charge in [0.15, 0.2) is 0 Å². The highest BCUT2D eigenvalue weighted by atomic mass is 16.5. The highest BCUT2D eigenvalue weighted by Gasteiger charge is 2.30. The van der Waals surface area contributed by atoms with Crippen molar-refractivity contribution in [3.8, 4) is 5.75 Å². The van der Waals surface area contributed by atoms with Crippen LogP contribution in [0.5, 0.6) is 5.75 Å². The van der Waals surface area contributed by atoms with E-state index in [-0.39, 0.29) is 35.6 Å². The Kier molecular flexibility index (Phi) is 4.33. The summed E-state index contributed by atoms with van der Waals surface area (Å²) in [5.74, 6) is 0.335. The van der Waals surface area contributed by atoms with Gasteiger partial charge in [0.25, 0.3) is 5.56 Å². The smallest absolute Gasteiger partial charge is 0.258 e. The van der Waals surface area contributed by atoms with Gasteiger partial charge in [0.05, 0.1) is 5.56 Å². The monoisotopic (exact) mass is 362 g/mol. The van der Waals surface area contributed by atoms with Crippen LogP contribution in [0.4, 0.5) is 11.8 Å². The average molecular weight is 362 g/mol. The number of aromatic amines is 1. The van der Waals surface area contributed by atoms with E-state index in [1.165, 1.54) is 0 Å². The number of carbonyl (C=O) groups is 1. The highest BCUT2D eigenvalue weighted by molar-refractivity contribution is 5.94. The molecule has 1 amide bonds. The minimum Gasteiger partial charge on any atom is -0.489 e. The van der Waals surface area contributed by atoms with Crippen molar-refractivity contribution in [2.45, 2.75) is 18.9 Å². The number of anilines is 2. The molecule has 0 spiro atoms. The van der Waals surface area contributed by atoms with E-state index < -0.39 is 0 Å². The Balaban J connectivity index is 1.58. The van der Waals surface area contributed by atoms with Crippen LogP contribution in [-0.2, 0) is 11.4 Å². The molecule has 7 heteroatoms. The van der Waals surface area contributed by atoms with Crippen LogP contribution in [-0.4, -0.2) is 15.9 Å². The minimum absolute atomic E-state index is 0.0237. The van der Waals surface area contributed by atoms with Gasteiger partial charge < -0.3 is 15.8 Å². The summed E-state index contributed by atoms with van der Waals surface area (Å²) >= 11 is 0. The molecular formula is C20H18N4O3. The van der Waals surface area contributed by atoms with Gasteiger partial charge in [-0.1, -0.05) is 42.5 Å². The number of aromatic nitrogens is 2. The standard InChI is InChI=1S/C20H18N4O3/c21-20-23-18-17(19(26)24-20)15(10-16(25)22-18)13-6-8-14(9-7-13)27-11-12-4-2-1-3-5-12/h1-9,15H,10-11H2,(H4,21,22,23,24,25,26). The maximum absolute atomic E-state index is 12.3. The largest absolute Gasteiger partial charge is 0.489 e. The van der Waals surface area contributed by atoms with Gasteiger partial charge in [-0.2, -0.15) is 4.98 Å². The summed E-state index contributed by atoms with van der Waals surface area (Å²) in [5.41, 5.74) is 7.58. The molecule has 1 aliphatic rings. The second kappa shape index (κ2) is 6.95. The number of nitrogen functional groups attached to an aromatic ring is 1. The summed E-state index contributed by atoms with van der Waals surface area (Å²) < 4.78 is 5.79. The molecule has 0 bridgehead atoms. The Morgan fingerprint density at radius 1 is 1.07 bits per heavy atom. The lowest BCUT2D eigenvalue weighted by molar-refractivity contribution is -0.116. The van der Waals surface area contributed by atoms with E-state index >= 15 is 0 Å². The quantitative estimate of drug-likeness (QED) is 0.660. The fourth-order valence-electron chi connectivity index (χ4n) is 3.21. The molecule has 0 fully saturated rings. The Labute approximate surface area is 155 Å². The zero-order valence-corrected chi connectivity index (χ0v) is 14.4. The lowest BCUT2D eigenvalue weighted by Crippen LogP contribution is -2.31. The number of nitrogens with zero attached hydrogens (tertiary/aromatic N) is 1. The van der Waals surface area contributed by atoms with Gasteiger partial charge in [0.1, 0.15) is 18.2 Å². The first-order valence-corrected chi connectivity index (χ1v) is 8.56. The van der Waals surface area contributed by atoms with Crippen LogP contribution in [0.15, 0.2) is 59.4 Å². The van der Waals surface area contributed by atoms with Gasteiger partial charge >= 0.3 is 0 Å².